The number of nitrogens with one attached hydrogen (secondary N) is 1. The van der Waals surface area contributed by atoms with Crippen LogP contribution in [0.3, 0.4) is 0 Å². The third-order valence-corrected chi connectivity index (χ3v) is 2.66. The maximum atomic E-state index is 11.2. The van der Waals surface area contributed by atoms with Gasteiger partial charge in [-0.15, -0.1) is 0 Å². The van der Waals surface area contributed by atoms with Gasteiger partial charge in [-0.2, -0.15) is 0 Å². The molecule has 2 rings (SSSR count). The number of aromatic nitrogens is 2. The minimum absolute atomic E-state index is 0.142. The highest BCUT2D eigenvalue weighted by molar-refractivity contribution is 5.75. The molecule has 14 heavy (non-hydrogen) atoms. The standard InChI is InChI=1S/C10H15N3O/c1-2-10(14)12-8-3-4-13-7-11-6-9(13)5-8/h6-8H,2-5H2,1H3,(H,12,14). The number of carbonyl (C=O) groups excluding carboxylic acids is 1. The maximum absolute atomic E-state index is 11.2. The highest BCUT2D eigenvalue weighted by Crippen LogP contribution is 2.13. The molecule has 0 fully saturated rings. The zero-order chi connectivity index (χ0) is 9.97. The van der Waals surface area contributed by atoms with Crippen LogP contribution in [0.15, 0.2) is 12.5 Å². The molecule has 1 aromatic rings. The zero-order valence-corrected chi connectivity index (χ0v) is 8.36. The summed E-state index contributed by atoms with van der Waals surface area (Å²) in [6, 6.07) is 0.298. The van der Waals surface area contributed by atoms with Crippen LogP contribution in [0.25, 0.3) is 0 Å². The molecule has 1 aliphatic heterocycles. The molecule has 0 aromatic carbocycles. The smallest absolute Gasteiger partial charge is 0.219 e. The van der Waals surface area contributed by atoms with Gasteiger partial charge in [-0.25, -0.2) is 4.98 Å². The quantitative estimate of drug-likeness (QED) is 0.752. The Morgan fingerprint density at radius 1 is 1.79 bits per heavy atom. The maximum Gasteiger partial charge on any atom is 0.219 e. The minimum Gasteiger partial charge on any atom is -0.353 e. The van der Waals surface area contributed by atoms with Crippen LogP contribution in [0.4, 0.5) is 0 Å². The molecule has 1 unspecified atom stereocenters. The van der Waals surface area contributed by atoms with Crippen molar-refractivity contribution in [2.24, 2.45) is 0 Å². The van der Waals surface area contributed by atoms with Gasteiger partial charge in [0.25, 0.3) is 0 Å². The molecule has 4 nitrogen and oxygen atoms in total. The van der Waals surface area contributed by atoms with Crippen LogP contribution in [0.2, 0.25) is 0 Å². The SMILES string of the molecule is CCC(=O)NC1CCn2cncc2C1. The molecule has 0 aliphatic carbocycles. The summed E-state index contributed by atoms with van der Waals surface area (Å²) in [6.07, 6.45) is 6.22. The number of imidazole rings is 1. The second-order valence-corrected chi connectivity index (χ2v) is 3.69. The summed E-state index contributed by atoms with van der Waals surface area (Å²) in [5, 5.41) is 3.02. The lowest BCUT2D eigenvalue weighted by atomic mass is 10.0. The van der Waals surface area contributed by atoms with Gasteiger partial charge in [0, 0.05) is 37.3 Å². The molecular weight excluding hydrogens is 178 g/mol. The van der Waals surface area contributed by atoms with Gasteiger partial charge < -0.3 is 9.88 Å². The van der Waals surface area contributed by atoms with Crippen molar-refractivity contribution in [3.8, 4) is 0 Å². The lowest BCUT2D eigenvalue weighted by Crippen LogP contribution is -2.39. The lowest BCUT2D eigenvalue weighted by Gasteiger charge is -2.24. The largest absolute Gasteiger partial charge is 0.353 e. The lowest BCUT2D eigenvalue weighted by molar-refractivity contribution is -0.121. The van der Waals surface area contributed by atoms with Crippen molar-refractivity contribution in [3.05, 3.63) is 18.2 Å². The number of carbonyl (C=O) groups is 1. The number of hydrogen-bond acceptors (Lipinski definition) is 2. The van der Waals surface area contributed by atoms with Crippen molar-refractivity contribution in [3.63, 3.8) is 0 Å². The first-order valence-electron chi connectivity index (χ1n) is 5.08. The third-order valence-electron chi connectivity index (χ3n) is 2.66. The number of aryl methyl sites for hydroxylation is 1. The van der Waals surface area contributed by atoms with E-state index in [-0.39, 0.29) is 5.91 Å². The van der Waals surface area contributed by atoms with Gasteiger partial charge >= 0.3 is 0 Å². The van der Waals surface area contributed by atoms with Crippen LogP contribution in [-0.2, 0) is 17.8 Å². The molecule has 0 bridgehead atoms. The Hall–Kier alpha value is -1.32. The van der Waals surface area contributed by atoms with E-state index in [1.165, 1.54) is 5.69 Å². The van der Waals surface area contributed by atoms with Crippen LogP contribution in [-0.4, -0.2) is 21.5 Å². The molecule has 0 radical (unpaired) electrons. The van der Waals surface area contributed by atoms with Crippen LogP contribution < -0.4 is 5.32 Å². The van der Waals surface area contributed by atoms with Crippen LogP contribution in [0.1, 0.15) is 25.5 Å². The first kappa shape index (κ1) is 9.24. The zero-order valence-electron chi connectivity index (χ0n) is 8.36. The van der Waals surface area contributed by atoms with E-state index < -0.39 is 0 Å². The van der Waals surface area contributed by atoms with Gasteiger partial charge in [0.15, 0.2) is 0 Å². The molecule has 1 aromatic heterocycles. The van der Waals surface area contributed by atoms with Crippen LogP contribution >= 0.6 is 0 Å². The summed E-state index contributed by atoms with van der Waals surface area (Å²) in [7, 11) is 0. The number of hydrogen-bond donors (Lipinski definition) is 1. The summed E-state index contributed by atoms with van der Waals surface area (Å²) < 4.78 is 2.15. The van der Waals surface area contributed by atoms with Crippen molar-refractivity contribution < 1.29 is 4.79 Å². The molecule has 1 aliphatic rings. The number of amides is 1. The van der Waals surface area contributed by atoms with E-state index in [1.54, 1.807) is 0 Å². The van der Waals surface area contributed by atoms with Gasteiger partial charge in [-0.05, 0) is 6.42 Å². The van der Waals surface area contributed by atoms with E-state index in [4.69, 9.17) is 0 Å². The highest BCUT2D eigenvalue weighted by Gasteiger charge is 2.19. The van der Waals surface area contributed by atoms with Gasteiger partial charge in [0.05, 0.1) is 6.33 Å². The summed E-state index contributed by atoms with van der Waals surface area (Å²) in [6.45, 7) is 2.84. The molecular formula is C10H15N3O. The summed E-state index contributed by atoms with van der Waals surface area (Å²) in [4.78, 5) is 15.3. The Morgan fingerprint density at radius 3 is 3.43 bits per heavy atom. The van der Waals surface area contributed by atoms with Crippen molar-refractivity contribution in [2.45, 2.75) is 38.8 Å². The van der Waals surface area contributed by atoms with Crippen LogP contribution in [0, 0.1) is 0 Å². The fourth-order valence-electron chi connectivity index (χ4n) is 1.82. The normalized spacial score (nSPS) is 20.2. The van der Waals surface area contributed by atoms with Crippen molar-refractivity contribution in [2.75, 3.05) is 0 Å². The highest BCUT2D eigenvalue weighted by atomic mass is 16.1. The molecule has 4 heteroatoms. The Balaban J connectivity index is 1.97. The predicted molar refractivity (Wildman–Crippen MR) is 52.8 cm³/mol. The molecule has 76 valence electrons. The van der Waals surface area contributed by atoms with Crippen molar-refractivity contribution >= 4 is 5.91 Å². The summed E-state index contributed by atoms with van der Waals surface area (Å²) in [5.41, 5.74) is 1.22. The van der Waals surface area contributed by atoms with Crippen molar-refractivity contribution in [1.29, 1.82) is 0 Å². The molecule has 2 heterocycles. The first-order chi connectivity index (χ1) is 6.79. The Morgan fingerprint density at radius 2 is 2.64 bits per heavy atom. The minimum atomic E-state index is 0.142. The molecule has 1 amide bonds. The second-order valence-electron chi connectivity index (χ2n) is 3.69. The molecule has 0 saturated carbocycles. The van der Waals surface area contributed by atoms with E-state index >= 15 is 0 Å². The molecule has 0 saturated heterocycles. The monoisotopic (exact) mass is 193 g/mol. The molecule has 1 N–H and O–H groups in total. The van der Waals surface area contributed by atoms with E-state index in [0.717, 1.165) is 19.4 Å². The third kappa shape index (κ3) is 1.78. The molecule has 0 spiro atoms. The summed E-state index contributed by atoms with van der Waals surface area (Å²) in [5.74, 6) is 0.142. The average Bonchev–Trinajstić information content (AvgIpc) is 2.64. The van der Waals surface area contributed by atoms with E-state index in [2.05, 4.69) is 14.9 Å². The summed E-state index contributed by atoms with van der Waals surface area (Å²) >= 11 is 0. The van der Waals surface area contributed by atoms with Gasteiger partial charge in [-0.3, -0.25) is 4.79 Å². The van der Waals surface area contributed by atoms with E-state index in [0.29, 0.717) is 12.5 Å². The fourth-order valence-corrected chi connectivity index (χ4v) is 1.82. The Labute approximate surface area is 83.3 Å². The second kappa shape index (κ2) is 3.82. The predicted octanol–water partition coefficient (Wildman–Crippen LogP) is 0.724. The fraction of sp³-hybridized carbons (Fsp3) is 0.600. The van der Waals surface area contributed by atoms with Crippen molar-refractivity contribution in [1.82, 2.24) is 14.9 Å². The first-order valence-corrected chi connectivity index (χ1v) is 5.08. The Bertz CT molecular complexity index is 332. The topological polar surface area (TPSA) is 46.9 Å². The van der Waals surface area contributed by atoms with Crippen LogP contribution in [0.5, 0.6) is 0 Å². The molecule has 1 atom stereocenters. The number of nitrogens with zero attached hydrogens (tertiary/aromatic N) is 2. The number of rotatable bonds is 2. The number of fused-ring (bicyclic) bond motifs is 1. The van der Waals surface area contributed by atoms with Gasteiger partial charge in [-0.1, -0.05) is 6.92 Å². The van der Waals surface area contributed by atoms with Gasteiger partial charge in [0.2, 0.25) is 5.91 Å². The Kier molecular flexibility index (Phi) is 2.52. The van der Waals surface area contributed by atoms with Gasteiger partial charge in [0.1, 0.15) is 0 Å². The average molecular weight is 193 g/mol. The van der Waals surface area contributed by atoms with E-state index in [1.807, 2.05) is 19.4 Å². The van der Waals surface area contributed by atoms with E-state index in [9.17, 15) is 4.79 Å².